The number of benzene rings is 1. The molecule has 4 heteroatoms. The van der Waals surface area contributed by atoms with E-state index in [4.69, 9.17) is 11.6 Å². The van der Waals surface area contributed by atoms with Crippen LogP contribution in [0.1, 0.15) is 35.2 Å². The van der Waals surface area contributed by atoms with E-state index >= 15 is 0 Å². The number of amides is 1. The standard InChI is InChI=1S/C15H16ClNO2/c16-8-10-6-15(19)17(9-10)12-4-5-13-11(7-12)2-1-3-14(13)18/h4-5,7,10H,1-3,6,8-9H2. The molecule has 3 nitrogen and oxygen atoms in total. The topological polar surface area (TPSA) is 37.4 Å². The second-order valence-electron chi connectivity index (χ2n) is 5.35. The number of nitrogens with zero attached hydrogens (tertiary/aromatic N) is 1. The monoisotopic (exact) mass is 277 g/mol. The summed E-state index contributed by atoms with van der Waals surface area (Å²) in [4.78, 5) is 25.6. The van der Waals surface area contributed by atoms with Crippen LogP contribution < -0.4 is 4.90 Å². The lowest BCUT2D eigenvalue weighted by molar-refractivity contribution is -0.117. The number of carbonyl (C=O) groups is 2. The van der Waals surface area contributed by atoms with E-state index in [-0.39, 0.29) is 17.6 Å². The van der Waals surface area contributed by atoms with E-state index in [0.29, 0.717) is 25.3 Å². The van der Waals surface area contributed by atoms with Crippen molar-refractivity contribution in [3.05, 3.63) is 29.3 Å². The second-order valence-corrected chi connectivity index (χ2v) is 5.66. The van der Waals surface area contributed by atoms with Gasteiger partial charge in [0.25, 0.3) is 0 Å². The number of carbonyl (C=O) groups excluding carboxylic acids is 2. The lowest BCUT2D eigenvalue weighted by Crippen LogP contribution is -2.25. The van der Waals surface area contributed by atoms with Gasteiger partial charge in [0.15, 0.2) is 5.78 Å². The minimum absolute atomic E-state index is 0.132. The molecule has 0 spiro atoms. The Balaban J connectivity index is 1.90. The third kappa shape index (κ3) is 2.27. The highest BCUT2D eigenvalue weighted by molar-refractivity contribution is 6.18. The largest absolute Gasteiger partial charge is 0.312 e. The van der Waals surface area contributed by atoms with Gasteiger partial charge in [-0.2, -0.15) is 0 Å². The summed E-state index contributed by atoms with van der Waals surface area (Å²) in [5, 5.41) is 0. The second kappa shape index (κ2) is 4.97. The maximum absolute atomic E-state index is 12.0. The number of ketones is 1. The van der Waals surface area contributed by atoms with Crippen LogP contribution in [0.4, 0.5) is 5.69 Å². The summed E-state index contributed by atoms with van der Waals surface area (Å²) < 4.78 is 0. The molecule has 1 atom stereocenters. The van der Waals surface area contributed by atoms with Crippen LogP contribution >= 0.6 is 11.6 Å². The van der Waals surface area contributed by atoms with E-state index in [0.717, 1.165) is 29.7 Å². The zero-order chi connectivity index (χ0) is 13.4. The highest BCUT2D eigenvalue weighted by atomic mass is 35.5. The molecule has 0 radical (unpaired) electrons. The molecule has 1 saturated heterocycles. The van der Waals surface area contributed by atoms with Crippen molar-refractivity contribution in [3.63, 3.8) is 0 Å². The van der Waals surface area contributed by atoms with Crippen molar-refractivity contribution in [3.8, 4) is 0 Å². The number of Topliss-reactive ketones (excluding diaryl/α,β-unsaturated/α-hetero) is 1. The maximum atomic E-state index is 12.0. The van der Waals surface area contributed by atoms with Crippen LogP contribution in [0.5, 0.6) is 0 Å². The molecule has 0 N–H and O–H groups in total. The predicted octanol–water partition coefficient (Wildman–Crippen LogP) is 2.80. The number of hydrogen-bond acceptors (Lipinski definition) is 2. The fourth-order valence-electron chi connectivity index (χ4n) is 2.94. The minimum Gasteiger partial charge on any atom is -0.312 e. The number of halogens is 1. The van der Waals surface area contributed by atoms with Crippen molar-refractivity contribution in [1.29, 1.82) is 0 Å². The van der Waals surface area contributed by atoms with Gasteiger partial charge in [-0.3, -0.25) is 9.59 Å². The maximum Gasteiger partial charge on any atom is 0.227 e. The van der Waals surface area contributed by atoms with Crippen molar-refractivity contribution in [2.24, 2.45) is 5.92 Å². The third-order valence-electron chi connectivity index (χ3n) is 3.97. The molecule has 0 aromatic heterocycles. The molecule has 0 bridgehead atoms. The zero-order valence-corrected chi connectivity index (χ0v) is 11.4. The number of hydrogen-bond donors (Lipinski definition) is 0. The molecule has 1 aromatic carbocycles. The number of anilines is 1. The number of rotatable bonds is 2. The van der Waals surface area contributed by atoms with Gasteiger partial charge in [0.1, 0.15) is 0 Å². The summed E-state index contributed by atoms with van der Waals surface area (Å²) in [6.45, 7) is 0.690. The first kappa shape index (κ1) is 12.7. The van der Waals surface area contributed by atoms with Crippen molar-refractivity contribution in [2.45, 2.75) is 25.7 Å². The molecule has 1 aliphatic carbocycles. The van der Waals surface area contributed by atoms with E-state index < -0.39 is 0 Å². The molecule has 1 unspecified atom stereocenters. The van der Waals surface area contributed by atoms with Crippen LogP contribution in [0, 0.1) is 5.92 Å². The van der Waals surface area contributed by atoms with Crippen LogP contribution in [-0.4, -0.2) is 24.1 Å². The lowest BCUT2D eigenvalue weighted by Gasteiger charge is -2.21. The molecular weight excluding hydrogens is 262 g/mol. The van der Waals surface area contributed by atoms with Gasteiger partial charge >= 0.3 is 0 Å². The third-order valence-corrected chi connectivity index (χ3v) is 4.41. The van der Waals surface area contributed by atoms with Gasteiger partial charge in [0.2, 0.25) is 5.91 Å². The Bertz CT molecular complexity index is 541. The summed E-state index contributed by atoms with van der Waals surface area (Å²) in [6.07, 6.45) is 3.01. The van der Waals surface area contributed by atoms with E-state index in [2.05, 4.69) is 0 Å². The molecule has 1 fully saturated rings. The molecule has 0 saturated carbocycles. The van der Waals surface area contributed by atoms with E-state index in [9.17, 15) is 9.59 Å². The first-order valence-corrected chi connectivity index (χ1v) is 7.25. The van der Waals surface area contributed by atoms with Gasteiger partial charge in [0.05, 0.1) is 0 Å². The molecule has 100 valence electrons. The molecule has 1 amide bonds. The zero-order valence-electron chi connectivity index (χ0n) is 10.7. The van der Waals surface area contributed by atoms with E-state index in [1.54, 1.807) is 4.90 Å². The predicted molar refractivity (Wildman–Crippen MR) is 74.9 cm³/mol. The Morgan fingerprint density at radius 1 is 1.26 bits per heavy atom. The van der Waals surface area contributed by atoms with Gasteiger partial charge in [-0.25, -0.2) is 0 Å². The Labute approximate surface area is 117 Å². The van der Waals surface area contributed by atoms with Crippen molar-refractivity contribution < 1.29 is 9.59 Å². The molecule has 19 heavy (non-hydrogen) atoms. The Morgan fingerprint density at radius 3 is 2.84 bits per heavy atom. The highest BCUT2D eigenvalue weighted by Crippen LogP contribution is 2.30. The Kier molecular flexibility index (Phi) is 3.31. The summed E-state index contributed by atoms with van der Waals surface area (Å²) in [5.41, 5.74) is 2.82. The summed E-state index contributed by atoms with van der Waals surface area (Å²) >= 11 is 5.84. The summed E-state index contributed by atoms with van der Waals surface area (Å²) in [5.74, 6) is 1.12. The van der Waals surface area contributed by atoms with Crippen LogP contribution in [0.25, 0.3) is 0 Å². The molecule has 1 aliphatic heterocycles. The quantitative estimate of drug-likeness (QED) is 0.780. The fraction of sp³-hybridized carbons (Fsp3) is 0.467. The molecule has 2 aliphatic rings. The van der Waals surface area contributed by atoms with Crippen LogP contribution in [0.2, 0.25) is 0 Å². The first-order valence-electron chi connectivity index (χ1n) is 6.71. The Hall–Kier alpha value is -1.35. The van der Waals surface area contributed by atoms with Gasteiger partial charge in [0, 0.05) is 36.5 Å². The number of fused-ring (bicyclic) bond motifs is 1. The summed E-state index contributed by atoms with van der Waals surface area (Å²) in [7, 11) is 0. The highest BCUT2D eigenvalue weighted by Gasteiger charge is 2.30. The average molecular weight is 278 g/mol. The van der Waals surface area contributed by atoms with Crippen molar-refractivity contribution >= 4 is 29.0 Å². The smallest absolute Gasteiger partial charge is 0.227 e. The molecular formula is C15H16ClNO2. The molecule has 3 rings (SSSR count). The van der Waals surface area contributed by atoms with E-state index in [1.807, 2.05) is 18.2 Å². The van der Waals surface area contributed by atoms with Crippen LogP contribution in [0.3, 0.4) is 0 Å². The van der Waals surface area contributed by atoms with Crippen LogP contribution in [0.15, 0.2) is 18.2 Å². The van der Waals surface area contributed by atoms with E-state index in [1.165, 1.54) is 0 Å². The lowest BCUT2D eigenvalue weighted by atomic mass is 9.90. The Morgan fingerprint density at radius 2 is 2.11 bits per heavy atom. The van der Waals surface area contributed by atoms with Crippen molar-refractivity contribution in [1.82, 2.24) is 0 Å². The average Bonchev–Trinajstić information content (AvgIpc) is 2.80. The normalized spacial score (nSPS) is 22.8. The van der Waals surface area contributed by atoms with Crippen molar-refractivity contribution in [2.75, 3.05) is 17.3 Å². The molecule has 1 aromatic rings. The number of aryl methyl sites for hydroxylation is 1. The van der Waals surface area contributed by atoms with Gasteiger partial charge < -0.3 is 4.90 Å². The molecule has 1 heterocycles. The minimum atomic E-state index is 0.132. The fourth-order valence-corrected chi connectivity index (χ4v) is 3.14. The first-order chi connectivity index (χ1) is 9.19. The van der Waals surface area contributed by atoms with Crippen LogP contribution in [-0.2, 0) is 11.2 Å². The number of alkyl halides is 1. The SMILES string of the molecule is O=C1CCCc2cc(N3CC(CCl)CC3=O)ccc21. The summed E-state index contributed by atoms with van der Waals surface area (Å²) in [6, 6.07) is 5.75. The van der Waals surface area contributed by atoms with Gasteiger partial charge in [-0.1, -0.05) is 0 Å². The van der Waals surface area contributed by atoms with Gasteiger partial charge in [-0.05, 0) is 42.5 Å². The van der Waals surface area contributed by atoms with Gasteiger partial charge in [-0.15, -0.1) is 11.6 Å².